The van der Waals surface area contributed by atoms with E-state index in [0.717, 1.165) is 0 Å². The molecule has 2 aromatic rings. The molecule has 0 saturated carbocycles. The number of rotatable bonds is 2. The quantitative estimate of drug-likeness (QED) is 0.528. The Bertz CT molecular complexity index is 601. The van der Waals surface area contributed by atoms with Crippen molar-refractivity contribution in [2.75, 3.05) is 12.3 Å². The highest BCUT2D eigenvalue weighted by molar-refractivity contribution is 5.86. The van der Waals surface area contributed by atoms with Crippen LogP contribution in [0, 0.1) is 0 Å². The summed E-state index contributed by atoms with van der Waals surface area (Å²) in [5.41, 5.74) is 6.22. The molecule has 0 unspecified atom stereocenters. The smallest absolute Gasteiger partial charge is 0.181 e. The van der Waals surface area contributed by atoms with Crippen molar-refractivity contribution in [1.29, 1.82) is 0 Å². The zero-order chi connectivity index (χ0) is 13.6. The minimum absolute atomic E-state index is 0.265. The van der Waals surface area contributed by atoms with E-state index in [2.05, 4.69) is 10.1 Å². The van der Waals surface area contributed by atoms with Gasteiger partial charge in [-0.1, -0.05) is 0 Å². The average Bonchev–Trinajstić information content (AvgIpc) is 2.90. The summed E-state index contributed by atoms with van der Waals surface area (Å²) in [7, 11) is 0. The lowest BCUT2D eigenvalue weighted by atomic mass is 10.1. The molecule has 0 bridgehead atoms. The first kappa shape index (κ1) is 12.3. The average molecular weight is 266 g/mol. The summed E-state index contributed by atoms with van der Waals surface area (Å²) in [6.45, 7) is -0.392. The highest BCUT2D eigenvalue weighted by atomic mass is 16.6. The predicted molar refractivity (Wildman–Crippen MR) is 64.9 cm³/mol. The van der Waals surface area contributed by atoms with Gasteiger partial charge >= 0.3 is 0 Å². The van der Waals surface area contributed by atoms with Crippen molar-refractivity contribution in [3.8, 4) is 0 Å². The summed E-state index contributed by atoms with van der Waals surface area (Å²) < 4.78 is 6.73. The molecule has 3 rings (SSSR count). The van der Waals surface area contributed by atoms with Gasteiger partial charge < -0.3 is 25.8 Å². The van der Waals surface area contributed by atoms with Crippen molar-refractivity contribution in [3.63, 3.8) is 0 Å². The van der Waals surface area contributed by atoms with Crippen LogP contribution in [0.2, 0.25) is 0 Å². The van der Waals surface area contributed by atoms with Crippen LogP contribution in [0.4, 0.5) is 5.82 Å². The summed E-state index contributed by atoms with van der Waals surface area (Å²) in [5.74, 6) is 0.265. The first-order valence-corrected chi connectivity index (χ1v) is 5.84. The van der Waals surface area contributed by atoms with E-state index in [1.54, 1.807) is 18.3 Å². The van der Waals surface area contributed by atoms with Gasteiger partial charge in [-0.3, -0.25) is 0 Å². The van der Waals surface area contributed by atoms with Gasteiger partial charge in [0.15, 0.2) is 17.7 Å². The Morgan fingerprint density at radius 1 is 1.37 bits per heavy atom. The lowest BCUT2D eigenvalue weighted by molar-refractivity contribution is -0.0565. The third kappa shape index (κ3) is 1.77. The molecule has 1 fully saturated rings. The molecule has 0 amide bonds. The van der Waals surface area contributed by atoms with Gasteiger partial charge in [-0.2, -0.15) is 5.10 Å². The molecular weight excluding hydrogens is 252 g/mol. The Hall–Kier alpha value is -1.74. The molecule has 0 aliphatic carbocycles. The largest absolute Gasteiger partial charge is 0.394 e. The lowest BCUT2D eigenvalue weighted by Gasteiger charge is -2.15. The topological polar surface area (TPSA) is 127 Å². The molecule has 0 radical (unpaired) electrons. The normalized spacial score (nSPS) is 31.1. The number of hydrogen-bond acceptors (Lipinski definition) is 7. The van der Waals surface area contributed by atoms with E-state index in [1.807, 2.05) is 0 Å². The van der Waals surface area contributed by atoms with Crippen LogP contribution in [0.15, 0.2) is 18.3 Å². The van der Waals surface area contributed by atoms with Gasteiger partial charge in [0, 0.05) is 6.20 Å². The van der Waals surface area contributed by atoms with E-state index in [0.29, 0.717) is 11.0 Å². The number of aliphatic hydroxyl groups excluding tert-OH is 3. The second kappa shape index (κ2) is 4.42. The highest BCUT2D eigenvalue weighted by Gasteiger charge is 2.44. The number of fused-ring (bicyclic) bond motifs is 1. The maximum absolute atomic E-state index is 9.97. The first-order chi connectivity index (χ1) is 9.13. The Morgan fingerprint density at radius 2 is 2.16 bits per heavy atom. The number of ether oxygens (including phenoxy) is 1. The van der Waals surface area contributed by atoms with Crippen molar-refractivity contribution in [3.05, 3.63) is 18.3 Å². The number of aromatic nitrogens is 3. The number of nitrogens with two attached hydrogens (primary N) is 1. The second-order valence-electron chi connectivity index (χ2n) is 4.43. The van der Waals surface area contributed by atoms with Crippen LogP contribution in [-0.4, -0.2) is 55.0 Å². The van der Waals surface area contributed by atoms with Crippen molar-refractivity contribution in [2.24, 2.45) is 0 Å². The van der Waals surface area contributed by atoms with Crippen molar-refractivity contribution in [1.82, 2.24) is 14.8 Å². The van der Waals surface area contributed by atoms with E-state index in [9.17, 15) is 10.2 Å². The summed E-state index contributed by atoms with van der Waals surface area (Å²) in [5, 5.41) is 33.5. The van der Waals surface area contributed by atoms with Crippen LogP contribution in [-0.2, 0) is 4.74 Å². The molecule has 1 aliphatic heterocycles. The van der Waals surface area contributed by atoms with Crippen LogP contribution in [0.1, 0.15) is 6.23 Å². The fraction of sp³-hybridized carbons (Fsp3) is 0.455. The highest BCUT2D eigenvalue weighted by Crippen LogP contribution is 2.32. The summed E-state index contributed by atoms with van der Waals surface area (Å²) in [6, 6.07) is 3.48. The molecule has 8 nitrogen and oxygen atoms in total. The van der Waals surface area contributed by atoms with Gasteiger partial charge in [-0.25, -0.2) is 9.67 Å². The maximum atomic E-state index is 9.97. The van der Waals surface area contributed by atoms with Crippen LogP contribution >= 0.6 is 0 Å². The van der Waals surface area contributed by atoms with E-state index < -0.39 is 31.1 Å². The zero-order valence-electron chi connectivity index (χ0n) is 9.92. The first-order valence-electron chi connectivity index (χ1n) is 5.84. The maximum Gasteiger partial charge on any atom is 0.181 e. The molecule has 1 aliphatic rings. The summed E-state index contributed by atoms with van der Waals surface area (Å²) in [4.78, 5) is 4.14. The molecule has 3 heterocycles. The third-order valence-electron chi connectivity index (χ3n) is 3.25. The number of nitrogen functional groups attached to an aromatic ring is 1. The van der Waals surface area contributed by atoms with Gasteiger partial charge in [0.25, 0.3) is 0 Å². The number of nitrogens with zero attached hydrogens (tertiary/aromatic N) is 3. The van der Waals surface area contributed by atoms with E-state index in [4.69, 9.17) is 15.6 Å². The standard InChI is InChI=1S/C11H14N4O4/c12-9-5-2-1-3-13-10(5)15(14-9)11-8(18)7(17)6(4-16)19-11/h1-3,6-8,11,16-18H,4H2,(H2,12,14)/t6-,7-,8-,11-/m1/s1. The second-order valence-corrected chi connectivity index (χ2v) is 4.43. The van der Waals surface area contributed by atoms with E-state index in [-0.39, 0.29) is 5.82 Å². The van der Waals surface area contributed by atoms with Gasteiger partial charge in [0.2, 0.25) is 0 Å². The fourth-order valence-corrected chi connectivity index (χ4v) is 2.26. The molecule has 19 heavy (non-hydrogen) atoms. The van der Waals surface area contributed by atoms with Crippen LogP contribution < -0.4 is 5.73 Å². The van der Waals surface area contributed by atoms with Gasteiger partial charge in [-0.15, -0.1) is 0 Å². The Labute approximate surface area is 108 Å². The molecule has 102 valence electrons. The van der Waals surface area contributed by atoms with Gasteiger partial charge in [-0.05, 0) is 12.1 Å². The van der Waals surface area contributed by atoms with Crippen molar-refractivity contribution >= 4 is 16.9 Å². The monoisotopic (exact) mass is 266 g/mol. The zero-order valence-corrected chi connectivity index (χ0v) is 9.92. The number of pyridine rings is 1. The molecular formula is C11H14N4O4. The predicted octanol–water partition coefficient (Wildman–Crippen LogP) is -1.37. The summed E-state index contributed by atoms with van der Waals surface area (Å²) >= 11 is 0. The van der Waals surface area contributed by atoms with Crippen LogP contribution in [0.3, 0.4) is 0 Å². The van der Waals surface area contributed by atoms with Crippen LogP contribution in [0.25, 0.3) is 11.0 Å². The van der Waals surface area contributed by atoms with Crippen molar-refractivity contribution in [2.45, 2.75) is 24.5 Å². The lowest BCUT2D eigenvalue weighted by Crippen LogP contribution is -2.33. The number of aliphatic hydroxyl groups is 3. The molecule has 4 atom stereocenters. The molecule has 1 saturated heterocycles. The molecule has 8 heteroatoms. The van der Waals surface area contributed by atoms with Gasteiger partial charge in [0.05, 0.1) is 12.0 Å². The van der Waals surface area contributed by atoms with E-state index >= 15 is 0 Å². The van der Waals surface area contributed by atoms with Gasteiger partial charge in [0.1, 0.15) is 18.3 Å². The van der Waals surface area contributed by atoms with Crippen molar-refractivity contribution < 1.29 is 20.1 Å². The minimum atomic E-state index is -1.21. The Morgan fingerprint density at radius 3 is 2.84 bits per heavy atom. The van der Waals surface area contributed by atoms with Crippen LogP contribution in [0.5, 0.6) is 0 Å². The Balaban J connectivity index is 2.06. The van der Waals surface area contributed by atoms with E-state index in [1.165, 1.54) is 4.68 Å². The molecule has 0 spiro atoms. The minimum Gasteiger partial charge on any atom is -0.394 e. The molecule has 5 N–H and O–H groups in total. The molecule has 2 aromatic heterocycles. The number of anilines is 1. The number of hydrogen-bond donors (Lipinski definition) is 4. The Kier molecular flexibility index (Phi) is 2.86. The fourth-order valence-electron chi connectivity index (χ4n) is 2.26. The SMILES string of the molecule is Nc1nn([C@@H]2O[C@H](CO)[C@@H](O)[C@H]2O)c2ncccc12. The molecule has 0 aromatic carbocycles. The third-order valence-corrected chi connectivity index (χ3v) is 3.25. The summed E-state index contributed by atoms with van der Waals surface area (Å²) in [6.07, 6.45) is -2.60.